The number of aliphatic hydroxyl groups excluding tert-OH is 1. The Morgan fingerprint density at radius 1 is 1.23 bits per heavy atom. The topological polar surface area (TPSA) is 75.4 Å². The Balaban J connectivity index is 1.44. The second-order valence-electron chi connectivity index (χ2n) is 9.46. The van der Waals surface area contributed by atoms with E-state index in [1.54, 1.807) is 30.3 Å². The van der Waals surface area contributed by atoms with Crippen molar-refractivity contribution in [3.05, 3.63) is 82.4 Å². The van der Waals surface area contributed by atoms with E-state index in [1.807, 2.05) is 10.9 Å². The van der Waals surface area contributed by atoms with Gasteiger partial charge in [-0.15, -0.1) is 0 Å². The molecular weight excluding hydrogens is 489 g/mol. The molecule has 1 N–H and O–H groups in total. The maximum Gasteiger partial charge on any atom is 0.244 e. The van der Waals surface area contributed by atoms with Crippen molar-refractivity contribution in [2.75, 3.05) is 19.7 Å². The van der Waals surface area contributed by atoms with Crippen LogP contribution in [0.5, 0.6) is 0 Å². The van der Waals surface area contributed by atoms with Crippen LogP contribution in [0.25, 0.3) is 11.8 Å². The van der Waals surface area contributed by atoms with Gasteiger partial charge in [-0.1, -0.05) is 36.2 Å². The van der Waals surface area contributed by atoms with Crippen LogP contribution in [0, 0.1) is 17.2 Å². The smallest absolute Gasteiger partial charge is 0.244 e. The second kappa shape index (κ2) is 9.17. The van der Waals surface area contributed by atoms with Crippen LogP contribution < -0.4 is 0 Å². The molecule has 0 unspecified atom stereocenters. The lowest BCUT2D eigenvalue weighted by atomic mass is 9.70. The molecule has 2 aromatic carbocycles. The van der Waals surface area contributed by atoms with Crippen LogP contribution in [-0.4, -0.2) is 47.3 Å². The first-order valence-electron chi connectivity index (χ1n) is 11.6. The van der Waals surface area contributed by atoms with Gasteiger partial charge in [-0.3, -0.25) is 0 Å². The number of benzene rings is 2. The summed E-state index contributed by atoms with van der Waals surface area (Å²) < 4.78 is 43.5. The van der Waals surface area contributed by atoms with Crippen molar-refractivity contribution >= 4 is 27.7 Å². The van der Waals surface area contributed by atoms with Gasteiger partial charge in [-0.25, -0.2) is 17.5 Å². The Morgan fingerprint density at radius 2 is 1.97 bits per heavy atom. The van der Waals surface area contributed by atoms with Crippen molar-refractivity contribution in [3.63, 3.8) is 0 Å². The highest BCUT2D eigenvalue weighted by Crippen LogP contribution is 2.53. The summed E-state index contributed by atoms with van der Waals surface area (Å²) in [5.41, 5.74) is 3.89. The highest BCUT2D eigenvalue weighted by Gasteiger charge is 2.47. The van der Waals surface area contributed by atoms with E-state index >= 15 is 0 Å². The van der Waals surface area contributed by atoms with Gasteiger partial charge in [-0.2, -0.15) is 9.40 Å². The first-order valence-corrected chi connectivity index (χ1v) is 13.5. The number of halogens is 2. The highest BCUT2D eigenvalue weighted by atomic mass is 35.5. The van der Waals surface area contributed by atoms with Crippen LogP contribution in [0.2, 0.25) is 5.02 Å². The lowest BCUT2D eigenvalue weighted by Crippen LogP contribution is -2.42. The molecule has 35 heavy (non-hydrogen) atoms. The van der Waals surface area contributed by atoms with Crippen molar-refractivity contribution in [2.45, 2.75) is 31.1 Å². The summed E-state index contributed by atoms with van der Waals surface area (Å²) >= 11 is 6.22. The van der Waals surface area contributed by atoms with E-state index < -0.39 is 10.0 Å². The lowest BCUT2D eigenvalue weighted by Gasteiger charge is -2.38. The maximum atomic E-state index is 13.5. The molecule has 1 aromatic heterocycles. The summed E-state index contributed by atoms with van der Waals surface area (Å²) in [4.78, 5) is 0.0561. The van der Waals surface area contributed by atoms with Gasteiger partial charge in [0.15, 0.2) is 0 Å². The molecule has 2 aliphatic rings. The fourth-order valence-electron chi connectivity index (χ4n) is 5.47. The minimum atomic E-state index is -3.87. The number of aliphatic hydroxyl groups is 1. The first-order chi connectivity index (χ1) is 16.7. The fourth-order valence-corrected chi connectivity index (χ4v) is 7.44. The number of aromatic nitrogens is 2. The summed E-state index contributed by atoms with van der Waals surface area (Å²) in [6, 6.07) is 12.7. The molecule has 0 amide bonds. The zero-order valence-corrected chi connectivity index (χ0v) is 20.9. The Morgan fingerprint density at radius 3 is 2.69 bits per heavy atom. The number of hydrogen-bond acceptors (Lipinski definition) is 4. The quantitative estimate of drug-likeness (QED) is 0.494. The Hall–Kier alpha value is -2.52. The van der Waals surface area contributed by atoms with Crippen LogP contribution in [-0.2, 0) is 16.4 Å². The highest BCUT2D eigenvalue weighted by molar-refractivity contribution is 7.89. The number of hydrogen-bond donors (Lipinski definition) is 1. The van der Waals surface area contributed by atoms with Gasteiger partial charge in [0.1, 0.15) is 10.7 Å². The summed E-state index contributed by atoms with van der Waals surface area (Å²) in [6.45, 7) is 2.22. The van der Waals surface area contributed by atoms with Crippen molar-refractivity contribution in [1.82, 2.24) is 14.1 Å². The second-order valence-corrected chi connectivity index (χ2v) is 11.8. The van der Waals surface area contributed by atoms with Gasteiger partial charge >= 0.3 is 0 Å². The molecule has 2 atom stereocenters. The molecule has 2 aliphatic carbocycles. The summed E-state index contributed by atoms with van der Waals surface area (Å²) in [5, 5.41) is 14.4. The van der Waals surface area contributed by atoms with E-state index in [9.17, 15) is 17.9 Å². The normalized spacial score (nSPS) is 21.6. The molecule has 9 heteroatoms. The fraction of sp³-hybridized carbons (Fsp3) is 0.346. The third kappa shape index (κ3) is 4.22. The zero-order chi connectivity index (χ0) is 24.8. The number of rotatable bonds is 7. The number of nitrogens with zero attached hydrogens (tertiary/aromatic N) is 3. The van der Waals surface area contributed by atoms with Crippen LogP contribution in [0.15, 0.2) is 65.2 Å². The van der Waals surface area contributed by atoms with Gasteiger partial charge in [0, 0.05) is 13.1 Å². The molecule has 5 rings (SSSR count). The summed E-state index contributed by atoms with van der Waals surface area (Å²) in [5.74, 6) is -0.224. The number of allylic oxidation sites excluding steroid dienone is 1. The van der Waals surface area contributed by atoms with Crippen molar-refractivity contribution in [1.29, 1.82) is 0 Å². The first kappa shape index (κ1) is 24.2. The van der Waals surface area contributed by atoms with Gasteiger partial charge in [0.25, 0.3) is 0 Å². The Kier molecular flexibility index (Phi) is 6.34. The van der Waals surface area contributed by atoms with Crippen molar-refractivity contribution in [2.24, 2.45) is 11.3 Å². The minimum absolute atomic E-state index is 0.00688. The largest absolute Gasteiger partial charge is 0.395 e. The van der Waals surface area contributed by atoms with Crippen LogP contribution in [0.4, 0.5) is 4.39 Å². The van der Waals surface area contributed by atoms with Crippen LogP contribution >= 0.6 is 11.6 Å². The molecular formula is C26H27ClFN3O3S. The van der Waals surface area contributed by atoms with E-state index in [1.165, 1.54) is 28.1 Å². The van der Waals surface area contributed by atoms with E-state index in [-0.39, 0.29) is 40.2 Å². The van der Waals surface area contributed by atoms with Crippen molar-refractivity contribution < 1.29 is 17.9 Å². The SMILES string of the molecule is C[C@]12Cc3cnn(-c4ccc(F)cc4)c3C=C1CC[C@@H]2CN(CCO)S(=O)(=O)c1ccccc1Cl. The molecule has 6 nitrogen and oxygen atoms in total. The minimum Gasteiger partial charge on any atom is -0.395 e. The average Bonchev–Trinajstić information content (AvgIpc) is 3.37. The standard InChI is InChI=1S/C26H27ClFN3O3S/c1-26-15-18-16-29-31(22-10-8-21(28)9-11-22)24(18)14-19(26)6-7-20(26)17-30(12-13-32)35(33,34)25-5-3-2-4-23(25)27/h2-5,8-11,14,16,20,32H,6-7,12-13,15,17H2,1H3/t20-,26+/m1/s1. The molecule has 0 spiro atoms. The van der Waals surface area contributed by atoms with Gasteiger partial charge in [-0.05, 0) is 78.6 Å². The summed E-state index contributed by atoms with van der Waals surface area (Å²) in [7, 11) is -3.87. The van der Waals surface area contributed by atoms with Gasteiger partial charge in [0.2, 0.25) is 10.0 Å². The van der Waals surface area contributed by atoms with Crippen LogP contribution in [0.3, 0.4) is 0 Å². The van der Waals surface area contributed by atoms with Gasteiger partial charge in [0.05, 0.1) is 29.2 Å². The zero-order valence-electron chi connectivity index (χ0n) is 19.4. The predicted molar refractivity (Wildman–Crippen MR) is 133 cm³/mol. The van der Waals surface area contributed by atoms with Crippen LogP contribution in [0.1, 0.15) is 31.0 Å². The predicted octanol–water partition coefficient (Wildman–Crippen LogP) is 4.70. The van der Waals surface area contributed by atoms with E-state index in [4.69, 9.17) is 11.6 Å². The molecule has 1 heterocycles. The Bertz CT molecular complexity index is 1390. The van der Waals surface area contributed by atoms with E-state index in [2.05, 4.69) is 18.1 Å². The average molecular weight is 516 g/mol. The van der Waals surface area contributed by atoms with Crippen molar-refractivity contribution in [3.8, 4) is 5.69 Å². The number of fused-ring (bicyclic) bond motifs is 2. The lowest BCUT2D eigenvalue weighted by molar-refractivity contribution is 0.194. The number of sulfonamides is 1. The Labute approximate surface area is 209 Å². The third-order valence-corrected chi connectivity index (χ3v) is 9.82. The summed E-state index contributed by atoms with van der Waals surface area (Å²) in [6.07, 6.45) is 6.44. The molecule has 3 aromatic rings. The molecule has 0 saturated heterocycles. The molecule has 0 bridgehead atoms. The molecule has 1 fully saturated rings. The van der Waals surface area contributed by atoms with Gasteiger partial charge < -0.3 is 5.11 Å². The van der Waals surface area contributed by atoms with E-state index in [0.717, 1.165) is 36.2 Å². The molecule has 0 radical (unpaired) electrons. The monoisotopic (exact) mass is 515 g/mol. The maximum absolute atomic E-state index is 13.5. The molecule has 0 aliphatic heterocycles. The van der Waals surface area contributed by atoms with E-state index in [0.29, 0.717) is 6.54 Å². The third-order valence-electron chi connectivity index (χ3n) is 7.45. The molecule has 1 saturated carbocycles. The molecule has 184 valence electrons.